The third-order valence-corrected chi connectivity index (χ3v) is 5.60. The summed E-state index contributed by atoms with van der Waals surface area (Å²) in [6, 6.07) is 13.6. The van der Waals surface area contributed by atoms with Crippen molar-refractivity contribution in [3.8, 4) is 5.69 Å². The van der Waals surface area contributed by atoms with Gasteiger partial charge in [-0.15, -0.1) is 10.2 Å². The molecule has 0 fully saturated rings. The monoisotopic (exact) mass is 376 g/mol. The minimum Gasteiger partial charge on any atom is -0.268 e. The number of rotatable bonds is 4. The van der Waals surface area contributed by atoms with E-state index in [0.717, 1.165) is 38.8 Å². The Balaban J connectivity index is 2.11. The number of hydrogen-bond donors (Lipinski definition) is 0. The summed E-state index contributed by atoms with van der Waals surface area (Å²) >= 11 is 1.57. The summed E-state index contributed by atoms with van der Waals surface area (Å²) in [6.07, 6.45) is 0. The quantitative estimate of drug-likeness (QED) is 0.393. The summed E-state index contributed by atoms with van der Waals surface area (Å²) in [7, 11) is 0. The van der Waals surface area contributed by atoms with E-state index in [-0.39, 0.29) is 5.56 Å². The lowest BCUT2D eigenvalue weighted by molar-refractivity contribution is 0.929. The van der Waals surface area contributed by atoms with Gasteiger partial charge in [-0.25, -0.2) is 4.57 Å². The van der Waals surface area contributed by atoms with Gasteiger partial charge in [-0.1, -0.05) is 53.7 Å². The predicted octanol–water partition coefficient (Wildman–Crippen LogP) is 4.32. The highest BCUT2D eigenvalue weighted by molar-refractivity contribution is 7.99. The third-order valence-electron chi connectivity index (χ3n) is 4.44. The molecule has 0 N–H and O–H groups in total. The zero-order chi connectivity index (χ0) is 19.1. The number of aromatic nitrogens is 4. The van der Waals surface area contributed by atoms with Crippen LogP contribution in [-0.4, -0.2) is 24.9 Å². The van der Waals surface area contributed by atoms with E-state index in [1.807, 2.05) is 61.6 Å². The molecule has 0 unspecified atom stereocenters. The van der Waals surface area contributed by atoms with E-state index in [0.29, 0.717) is 11.2 Å². The van der Waals surface area contributed by atoms with Crippen molar-refractivity contribution in [1.82, 2.24) is 19.2 Å². The smallest absolute Gasteiger partial charge is 0.267 e. The number of nitrogens with zero attached hydrogens (tertiary/aromatic N) is 4. The molecule has 2 heterocycles. The molecule has 2 aromatic heterocycles. The lowest BCUT2D eigenvalue weighted by Gasteiger charge is -2.13. The molecule has 2 aromatic carbocycles. The molecule has 5 nitrogen and oxygen atoms in total. The van der Waals surface area contributed by atoms with Crippen molar-refractivity contribution in [2.75, 3.05) is 5.75 Å². The number of aryl methyl sites for hydroxylation is 2. The van der Waals surface area contributed by atoms with Crippen molar-refractivity contribution in [2.24, 2.45) is 0 Å². The minimum absolute atomic E-state index is 0.0890. The first kappa shape index (κ1) is 17.5. The lowest BCUT2D eigenvalue weighted by atomic mass is 10.1. The highest BCUT2D eigenvalue weighted by Crippen LogP contribution is 2.25. The maximum Gasteiger partial charge on any atom is 0.267 e. The second-order valence-corrected chi connectivity index (χ2v) is 7.75. The zero-order valence-electron chi connectivity index (χ0n) is 15.6. The molecule has 0 saturated heterocycles. The van der Waals surface area contributed by atoms with Gasteiger partial charge in [0.15, 0.2) is 5.16 Å². The van der Waals surface area contributed by atoms with Crippen LogP contribution in [0.2, 0.25) is 0 Å². The van der Waals surface area contributed by atoms with Gasteiger partial charge in [0.2, 0.25) is 5.78 Å². The summed E-state index contributed by atoms with van der Waals surface area (Å²) in [4.78, 5) is 13.3. The molecule has 0 atom stereocenters. The van der Waals surface area contributed by atoms with Crippen LogP contribution in [0.3, 0.4) is 0 Å². The topological polar surface area (TPSA) is 52.2 Å². The number of hydrogen-bond acceptors (Lipinski definition) is 4. The van der Waals surface area contributed by atoms with Crippen LogP contribution in [-0.2, 0) is 0 Å². The molecule has 0 aliphatic rings. The van der Waals surface area contributed by atoms with Gasteiger partial charge in [-0.05, 0) is 44.5 Å². The fraction of sp³-hybridized carbons (Fsp3) is 0.190. The Bertz CT molecular complexity index is 1250. The molecule has 0 amide bonds. The summed E-state index contributed by atoms with van der Waals surface area (Å²) in [5.41, 5.74) is 4.78. The first-order valence-corrected chi connectivity index (χ1v) is 9.69. The van der Waals surface area contributed by atoms with Crippen molar-refractivity contribution >= 4 is 28.4 Å². The van der Waals surface area contributed by atoms with Crippen molar-refractivity contribution in [2.45, 2.75) is 25.9 Å². The van der Waals surface area contributed by atoms with Crippen molar-refractivity contribution in [3.63, 3.8) is 0 Å². The van der Waals surface area contributed by atoms with E-state index < -0.39 is 0 Å². The Kier molecular flexibility index (Phi) is 4.36. The average molecular weight is 376 g/mol. The lowest BCUT2D eigenvalue weighted by Crippen LogP contribution is -2.22. The molecule has 0 aliphatic heterocycles. The predicted molar refractivity (Wildman–Crippen MR) is 111 cm³/mol. The van der Waals surface area contributed by atoms with Crippen LogP contribution >= 0.6 is 11.8 Å². The molecule has 136 valence electrons. The fourth-order valence-electron chi connectivity index (χ4n) is 3.23. The van der Waals surface area contributed by atoms with E-state index in [1.165, 1.54) is 0 Å². The Hall–Kier alpha value is -2.86. The van der Waals surface area contributed by atoms with E-state index in [9.17, 15) is 4.79 Å². The van der Waals surface area contributed by atoms with E-state index in [2.05, 4.69) is 22.8 Å². The minimum atomic E-state index is -0.0890. The van der Waals surface area contributed by atoms with Crippen molar-refractivity contribution < 1.29 is 0 Å². The van der Waals surface area contributed by atoms with Gasteiger partial charge < -0.3 is 0 Å². The number of thioether (sulfide) groups is 1. The van der Waals surface area contributed by atoms with E-state index >= 15 is 0 Å². The molecule has 6 heteroatoms. The second-order valence-electron chi connectivity index (χ2n) is 6.81. The van der Waals surface area contributed by atoms with E-state index in [4.69, 9.17) is 0 Å². The first-order valence-electron chi connectivity index (χ1n) is 8.71. The van der Waals surface area contributed by atoms with Crippen LogP contribution in [0.25, 0.3) is 22.4 Å². The van der Waals surface area contributed by atoms with Crippen LogP contribution < -0.4 is 5.56 Å². The molecular formula is C21H20N4OS. The molecule has 0 saturated carbocycles. The summed E-state index contributed by atoms with van der Waals surface area (Å²) in [5.74, 6) is 1.27. The van der Waals surface area contributed by atoms with Gasteiger partial charge in [0.05, 0.1) is 16.6 Å². The Labute approximate surface area is 161 Å². The van der Waals surface area contributed by atoms with Crippen LogP contribution in [0.15, 0.2) is 64.6 Å². The van der Waals surface area contributed by atoms with Gasteiger partial charge in [0, 0.05) is 5.75 Å². The molecule has 0 radical (unpaired) electrons. The highest BCUT2D eigenvalue weighted by Gasteiger charge is 2.18. The Morgan fingerprint density at radius 3 is 2.67 bits per heavy atom. The van der Waals surface area contributed by atoms with Crippen LogP contribution in [0.1, 0.15) is 18.1 Å². The molecule has 4 aromatic rings. The normalized spacial score (nSPS) is 11.4. The van der Waals surface area contributed by atoms with Gasteiger partial charge >= 0.3 is 0 Å². The van der Waals surface area contributed by atoms with Crippen LogP contribution in [0.5, 0.6) is 0 Å². The standard InChI is InChI=1S/C21H20N4OS/c1-13(2)12-27-21-23-22-20-24(17-10-9-14(3)11-15(17)4)19(26)16-7-5-6-8-18(16)25(20)21/h5-11H,1,12H2,2-4H3. The SMILES string of the molecule is C=C(C)CSc1nnc2n(-c3ccc(C)cc3C)c(=O)c3ccccc3n12. The Morgan fingerprint density at radius 1 is 1.15 bits per heavy atom. The van der Waals surface area contributed by atoms with Gasteiger partial charge in [0.1, 0.15) is 0 Å². The van der Waals surface area contributed by atoms with Gasteiger partial charge in [-0.3, -0.25) is 9.20 Å². The van der Waals surface area contributed by atoms with Gasteiger partial charge in [-0.2, -0.15) is 0 Å². The first-order chi connectivity index (χ1) is 13.0. The number of benzene rings is 2. The van der Waals surface area contributed by atoms with E-state index in [1.54, 1.807) is 16.3 Å². The molecule has 0 spiro atoms. The maximum absolute atomic E-state index is 13.3. The maximum atomic E-state index is 13.3. The molecular weight excluding hydrogens is 356 g/mol. The second kappa shape index (κ2) is 6.70. The van der Waals surface area contributed by atoms with Gasteiger partial charge in [0.25, 0.3) is 5.56 Å². The molecule has 0 bridgehead atoms. The zero-order valence-corrected chi connectivity index (χ0v) is 16.4. The fourth-order valence-corrected chi connectivity index (χ4v) is 4.02. The molecule has 27 heavy (non-hydrogen) atoms. The summed E-state index contributed by atoms with van der Waals surface area (Å²) < 4.78 is 3.62. The highest BCUT2D eigenvalue weighted by atomic mass is 32.2. The average Bonchev–Trinajstić information content (AvgIpc) is 3.05. The Morgan fingerprint density at radius 2 is 1.93 bits per heavy atom. The number of para-hydroxylation sites is 1. The number of fused-ring (bicyclic) bond motifs is 3. The molecule has 4 rings (SSSR count). The third kappa shape index (κ3) is 2.96. The summed E-state index contributed by atoms with van der Waals surface area (Å²) in [5, 5.41) is 10.1. The van der Waals surface area contributed by atoms with Crippen LogP contribution in [0, 0.1) is 13.8 Å². The largest absolute Gasteiger partial charge is 0.268 e. The molecule has 0 aliphatic carbocycles. The summed E-state index contributed by atoms with van der Waals surface area (Å²) in [6.45, 7) is 10.00. The van der Waals surface area contributed by atoms with Crippen molar-refractivity contribution in [3.05, 3.63) is 76.1 Å². The van der Waals surface area contributed by atoms with Crippen molar-refractivity contribution in [1.29, 1.82) is 0 Å². The van der Waals surface area contributed by atoms with Crippen LogP contribution in [0.4, 0.5) is 0 Å².